The Morgan fingerprint density at radius 3 is 2.71 bits per heavy atom. The Hall–Kier alpha value is -1.88. The van der Waals surface area contributed by atoms with Gasteiger partial charge in [0.15, 0.2) is 0 Å². The number of hydroxylamine groups is 2. The van der Waals surface area contributed by atoms with Gasteiger partial charge in [-0.2, -0.15) is 5.06 Å². The van der Waals surface area contributed by atoms with E-state index in [2.05, 4.69) is 10.3 Å². The van der Waals surface area contributed by atoms with Crippen LogP contribution in [0.2, 0.25) is 5.02 Å². The second-order valence-corrected chi connectivity index (χ2v) is 5.37. The third-order valence-corrected chi connectivity index (χ3v) is 3.82. The largest absolute Gasteiger partial charge is 0.343 e. The molecule has 0 amide bonds. The lowest BCUT2D eigenvalue weighted by atomic mass is 9.97. The van der Waals surface area contributed by atoms with Crippen LogP contribution in [0.4, 0.5) is 5.69 Å². The predicted octanol–water partition coefficient (Wildman–Crippen LogP) is 3.57. The third kappa shape index (κ3) is 2.78. The van der Waals surface area contributed by atoms with E-state index in [9.17, 15) is 5.21 Å². The molecule has 1 aliphatic rings. The van der Waals surface area contributed by atoms with Crippen molar-refractivity contribution in [3.05, 3.63) is 64.7 Å². The van der Waals surface area contributed by atoms with Crippen LogP contribution >= 0.6 is 11.6 Å². The van der Waals surface area contributed by atoms with Crippen molar-refractivity contribution in [2.45, 2.75) is 6.04 Å². The minimum atomic E-state index is -0.286. The molecule has 0 fully saturated rings. The first-order valence-corrected chi connectivity index (χ1v) is 7.09. The number of nitrogens with one attached hydrogen (secondary N) is 1. The number of amidine groups is 1. The lowest BCUT2D eigenvalue weighted by molar-refractivity contribution is -0.102. The highest BCUT2D eigenvalue weighted by atomic mass is 35.5. The zero-order chi connectivity index (χ0) is 14.8. The second kappa shape index (κ2) is 5.85. The van der Waals surface area contributed by atoms with Gasteiger partial charge in [0.2, 0.25) is 0 Å². The first-order valence-electron chi connectivity index (χ1n) is 6.71. The van der Waals surface area contributed by atoms with Crippen molar-refractivity contribution in [3.63, 3.8) is 0 Å². The summed E-state index contributed by atoms with van der Waals surface area (Å²) in [5.41, 5.74) is 2.84. The first-order chi connectivity index (χ1) is 10.2. The Bertz CT molecular complexity index is 672. The summed E-state index contributed by atoms with van der Waals surface area (Å²) in [5, 5.41) is 15.7. The van der Waals surface area contributed by atoms with Gasteiger partial charge >= 0.3 is 0 Å². The van der Waals surface area contributed by atoms with Crippen LogP contribution in [-0.2, 0) is 0 Å². The average Bonchev–Trinajstić information content (AvgIpc) is 2.63. The molecule has 21 heavy (non-hydrogen) atoms. The monoisotopic (exact) mass is 301 g/mol. The lowest BCUT2D eigenvalue weighted by Gasteiger charge is -2.25. The Kier molecular flexibility index (Phi) is 3.92. The zero-order valence-electron chi connectivity index (χ0n) is 11.6. The number of fused-ring (bicyclic) bond motifs is 1. The number of hydrogen-bond acceptors (Lipinski definition) is 3. The van der Waals surface area contributed by atoms with E-state index >= 15 is 0 Å². The molecule has 1 atom stereocenters. The summed E-state index contributed by atoms with van der Waals surface area (Å²) in [5.74, 6) is 0.708. The number of aliphatic imine (C=N–C) groups is 1. The van der Waals surface area contributed by atoms with E-state index in [4.69, 9.17) is 11.6 Å². The molecule has 1 heterocycles. The van der Waals surface area contributed by atoms with E-state index in [-0.39, 0.29) is 6.04 Å². The van der Waals surface area contributed by atoms with Gasteiger partial charge in [-0.05, 0) is 23.8 Å². The topological polar surface area (TPSA) is 47.9 Å². The van der Waals surface area contributed by atoms with Crippen molar-refractivity contribution >= 4 is 23.1 Å². The number of halogens is 1. The van der Waals surface area contributed by atoms with Gasteiger partial charge in [-0.1, -0.05) is 41.9 Å². The number of rotatable bonds is 1. The van der Waals surface area contributed by atoms with E-state index in [1.54, 1.807) is 7.05 Å². The molecule has 2 aromatic carbocycles. The maximum absolute atomic E-state index is 10.5. The first kappa shape index (κ1) is 14.1. The van der Waals surface area contributed by atoms with Crippen molar-refractivity contribution in [2.75, 3.05) is 18.9 Å². The molecule has 3 rings (SSSR count). The van der Waals surface area contributed by atoms with E-state index < -0.39 is 0 Å². The van der Waals surface area contributed by atoms with Crippen LogP contribution in [0.1, 0.15) is 17.2 Å². The normalized spacial score (nSPS) is 20.7. The van der Waals surface area contributed by atoms with Gasteiger partial charge in [-0.15, -0.1) is 0 Å². The van der Waals surface area contributed by atoms with Crippen molar-refractivity contribution < 1.29 is 5.21 Å². The summed E-state index contributed by atoms with van der Waals surface area (Å²) in [6.45, 7) is 0.322. The van der Waals surface area contributed by atoms with Crippen molar-refractivity contribution in [2.24, 2.45) is 4.99 Å². The van der Waals surface area contributed by atoms with Crippen LogP contribution < -0.4 is 5.32 Å². The zero-order valence-corrected chi connectivity index (χ0v) is 12.4. The van der Waals surface area contributed by atoms with Crippen LogP contribution in [0.5, 0.6) is 0 Å². The van der Waals surface area contributed by atoms with Crippen LogP contribution in [0, 0.1) is 0 Å². The smallest absolute Gasteiger partial charge is 0.117 e. The second-order valence-electron chi connectivity index (χ2n) is 4.94. The summed E-state index contributed by atoms with van der Waals surface area (Å²) in [7, 11) is 1.70. The van der Waals surface area contributed by atoms with Crippen LogP contribution in [0.15, 0.2) is 53.5 Å². The molecule has 1 aliphatic heterocycles. The molecule has 0 bridgehead atoms. The lowest BCUT2D eigenvalue weighted by Crippen LogP contribution is -2.31. The van der Waals surface area contributed by atoms with E-state index in [0.29, 0.717) is 17.4 Å². The van der Waals surface area contributed by atoms with Crippen molar-refractivity contribution in [1.29, 1.82) is 0 Å². The van der Waals surface area contributed by atoms with E-state index in [1.165, 1.54) is 5.06 Å². The molecule has 5 heteroatoms. The Labute approximate surface area is 128 Å². The van der Waals surface area contributed by atoms with Crippen LogP contribution in [0.25, 0.3) is 0 Å². The summed E-state index contributed by atoms with van der Waals surface area (Å²) in [4.78, 5) is 4.18. The SMILES string of the molecule is CN=C1CN(O)[C@@H](c2ccccc2)c2cc(Cl)ccc2N1. The highest BCUT2D eigenvalue weighted by molar-refractivity contribution is 6.30. The molecule has 2 aromatic rings. The summed E-state index contributed by atoms with van der Waals surface area (Å²) >= 11 is 6.14. The molecule has 0 saturated heterocycles. The standard InChI is InChI=1S/C16H16ClN3O/c1-18-15-10-20(21)16(11-5-3-2-4-6-11)13-9-12(17)7-8-14(13)19-15/h2-9,16,21H,10H2,1H3,(H,18,19)/t16-/m0/s1. The predicted molar refractivity (Wildman–Crippen MR) is 85.2 cm³/mol. The molecule has 0 spiro atoms. The van der Waals surface area contributed by atoms with Crippen LogP contribution in [-0.4, -0.2) is 29.7 Å². The minimum Gasteiger partial charge on any atom is -0.343 e. The number of benzene rings is 2. The fraction of sp³-hybridized carbons (Fsp3) is 0.188. The summed E-state index contributed by atoms with van der Waals surface area (Å²) in [6.07, 6.45) is 0. The fourth-order valence-corrected chi connectivity index (χ4v) is 2.77. The van der Waals surface area contributed by atoms with Gasteiger partial charge in [0.05, 0.1) is 12.6 Å². The average molecular weight is 302 g/mol. The molecule has 4 nitrogen and oxygen atoms in total. The molecule has 2 N–H and O–H groups in total. The number of nitrogens with zero attached hydrogens (tertiary/aromatic N) is 2. The third-order valence-electron chi connectivity index (χ3n) is 3.58. The van der Waals surface area contributed by atoms with Crippen LogP contribution in [0.3, 0.4) is 0 Å². The summed E-state index contributed by atoms with van der Waals surface area (Å²) < 4.78 is 0. The molecule has 0 aliphatic carbocycles. The Morgan fingerprint density at radius 1 is 1.24 bits per heavy atom. The van der Waals surface area contributed by atoms with Gasteiger partial charge in [0, 0.05) is 23.3 Å². The van der Waals surface area contributed by atoms with Crippen molar-refractivity contribution in [3.8, 4) is 0 Å². The maximum Gasteiger partial charge on any atom is 0.117 e. The van der Waals surface area contributed by atoms with Gasteiger partial charge in [0.25, 0.3) is 0 Å². The minimum absolute atomic E-state index is 0.286. The maximum atomic E-state index is 10.5. The Morgan fingerprint density at radius 2 is 2.00 bits per heavy atom. The molecule has 0 aromatic heterocycles. The van der Waals surface area contributed by atoms with Gasteiger partial charge in [0.1, 0.15) is 5.84 Å². The molecule has 0 radical (unpaired) electrons. The molecule has 0 saturated carbocycles. The molecular weight excluding hydrogens is 286 g/mol. The summed E-state index contributed by atoms with van der Waals surface area (Å²) in [6, 6.07) is 15.2. The molecule has 0 unspecified atom stereocenters. The Balaban J connectivity index is 2.17. The fourth-order valence-electron chi connectivity index (χ4n) is 2.59. The number of anilines is 1. The highest BCUT2D eigenvalue weighted by Gasteiger charge is 2.28. The van der Waals surface area contributed by atoms with E-state index in [0.717, 1.165) is 16.8 Å². The number of hydrogen-bond donors (Lipinski definition) is 2. The van der Waals surface area contributed by atoms with Crippen molar-refractivity contribution in [1.82, 2.24) is 5.06 Å². The van der Waals surface area contributed by atoms with E-state index in [1.807, 2.05) is 48.5 Å². The quantitative estimate of drug-likeness (QED) is 0.846. The molecule has 108 valence electrons. The van der Waals surface area contributed by atoms with Gasteiger partial charge in [-0.25, -0.2) is 0 Å². The van der Waals surface area contributed by atoms with Gasteiger partial charge < -0.3 is 10.5 Å². The van der Waals surface area contributed by atoms with Gasteiger partial charge in [-0.3, -0.25) is 4.99 Å². The highest BCUT2D eigenvalue weighted by Crippen LogP contribution is 2.36. The molecular formula is C16H16ClN3O.